The molecule has 0 heterocycles. The topological polar surface area (TPSA) is 21.3 Å². The molecule has 8 heteroatoms. The van der Waals surface area contributed by atoms with Gasteiger partial charge in [-0.25, -0.2) is 22.0 Å². The van der Waals surface area contributed by atoms with Crippen molar-refractivity contribution in [2.45, 2.75) is 32.3 Å². The Hall–Kier alpha value is -1.15. The highest BCUT2D eigenvalue weighted by molar-refractivity contribution is 5.98. The highest BCUT2D eigenvalue weighted by atomic mass is 28.2. The molecule has 0 saturated carbocycles. The molecule has 0 radical (unpaired) electrons. The Kier molecular flexibility index (Phi) is 5.52. The minimum absolute atomic E-state index is 0.0761. The Labute approximate surface area is 116 Å². The molecule has 0 aliphatic carbocycles. The van der Waals surface area contributed by atoms with Crippen LogP contribution in [-0.4, -0.2) is 22.6 Å². The first-order valence-electron chi connectivity index (χ1n) is 6.01. The number of anilines is 1. The van der Waals surface area contributed by atoms with Crippen LogP contribution in [0.1, 0.15) is 26.7 Å². The van der Waals surface area contributed by atoms with Gasteiger partial charge in [-0.2, -0.15) is 0 Å². The van der Waals surface area contributed by atoms with E-state index in [1.165, 1.54) is 0 Å². The average Bonchev–Trinajstić information content (AvgIpc) is 2.42. The molecule has 2 nitrogen and oxygen atoms in total. The summed E-state index contributed by atoms with van der Waals surface area (Å²) in [5, 5.41) is 2.25. The van der Waals surface area contributed by atoms with Crippen LogP contribution >= 0.6 is 0 Å². The fourth-order valence-electron chi connectivity index (χ4n) is 1.59. The molecule has 1 aromatic carbocycles. The van der Waals surface area contributed by atoms with Crippen LogP contribution in [0.25, 0.3) is 0 Å². The Bertz CT molecular complexity index is 466. The van der Waals surface area contributed by atoms with E-state index >= 15 is 0 Å². The number of halogens is 5. The lowest BCUT2D eigenvalue weighted by Gasteiger charge is -2.23. The molecule has 0 aliphatic heterocycles. The molecule has 0 amide bonds. The van der Waals surface area contributed by atoms with E-state index < -0.39 is 34.8 Å². The second-order valence-electron chi connectivity index (χ2n) is 4.94. The van der Waals surface area contributed by atoms with Crippen molar-refractivity contribution in [1.82, 2.24) is 0 Å². The van der Waals surface area contributed by atoms with Gasteiger partial charge in [0.15, 0.2) is 23.3 Å². The SMILES string of the molecule is CC(C)(CCCNc1c(F)c(F)c(F)c(F)c1F)O[SiH3]. The van der Waals surface area contributed by atoms with Crippen molar-refractivity contribution in [2.24, 2.45) is 0 Å². The molecule has 0 aromatic heterocycles. The largest absolute Gasteiger partial charge is 0.423 e. The summed E-state index contributed by atoms with van der Waals surface area (Å²) >= 11 is 0. The monoisotopic (exact) mass is 313 g/mol. The standard InChI is InChI=1S/C12H16F5NOSi/c1-12(2,19-20)4-3-5-18-11-9(16)7(14)6(13)8(15)10(11)17/h18H,3-5H2,1-2,20H3. The van der Waals surface area contributed by atoms with Gasteiger partial charge in [0.2, 0.25) is 5.82 Å². The maximum Gasteiger partial charge on any atom is 0.200 e. The van der Waals surface area contributed by atoms with E-state index in [1.54, 1.807) is 0 Å². The Morgan fingerprint density at radius 3 is 1.85 bits per heavy atom. The predicted molar refractivity (Wildman–Crippen MR) is 69.1 cm³/mol. The molecule has 0 aliphatic rings. The third-order valence-corrected chi connectivity index (χ3v) is 4.12. The number of rotatable bonds is 6. The molecule has 1 aromatic rings. The van der Waals surface area contributed by atoms with Gasteiger partial charge >= 0.3 is 0 Å². The molecule has 1 rings (SSSR count). The smallest absolute Gasteiger partial charge is 0.200 e. The molecule has 0 atom stereocenters. The van der Waals surface area contributed by atoms with Gasteiger partial charge in [-0.15, -0.1) is 0 Å². The lowest BCUT2D eigenvalue weighted by molar-refractivity contribution is 0.111. The number of hydrogen-bond donors (Lipinski definition) is 1. The van der Waals surface area contributed by atoms with Gasteiger partial charge in [0.25, 0.3) is 0 Å². The van der Waals surface area contributed by atoms with Crippen molar-refractivity contribution in [3.63, 3.8) is 0 Å². The Morgan fingerprint density at radius 2 is 1.40 bits per heavy atom. The maximum absolute atomic E-state index is 13.3. The highest BCUT2D eigenvalue weighted by Gasteiger charge is 2.25. The summed E-state index contributed by atoms with van der Waals surface area (Å²) in [6.07, 6.45) is 1.06. The van der Waals surface area contributed by atoms with Crippen molar-refractivity contribution in [3.8, 4) is 0 Å². The lowest BCUT2D eigenvalue weighted by Crippen LogP contribution is -2.24. The van der Waals surface area contributed by atoms with Crippen LogP contribution in [0.3, 0.4) is 0 Å². The third-order valence-electron chi connectivity index (χ3n) is 3.02. The van der Waals surface area contributed by atoms with E-state index in [9.17, 15) is 22.0 Å². The predicted octanol–water partition coefficient (Wildman–Crippen LogP) is 2.65. The zero-order valence-corrected chi connectivity index (χ0v) is 13.4. The van der Waals surface area contributed by atoms with Crippen molar-refractivity contribution in [3.05, 3.63) is 29.1 Å². The third kappa shape index (κ3) is 3.69. The van der Waals surface area contributed by atoms with E-state index in [0.717, 1.165) is 0 Å². The minimum Gasteiger partial charge on any atom is -0.423 e. The van der Waals surface area contributed by atoms with Crippen LogP contribution in [0.4, 0.5) is 27.6 Å². The molecule has 114 valence electrons. The van der Waals surface area contributed by atoms with Crippen LogP contribution in [-0.2, 0) is 4.43 Å². The highest BCUT2D eigenvalue weighted by Crippen LogP contribution is 2.27. The minimum atomic E-state index is -2.16. The fourth-order valence-corrected chi connectivity index (χ4v) is 1.79. The molecule has 0 unspecified atom stereocenters. The zero-order valence-electron chi connectivity index (χ0n) is 11.4. The first kappa shape index (κ1) is 16.9. The molecule has 0 fully saturated rings. The van der Waals surface area contributed by atoms with Crippen molar-refractivity contribution in [2.75, 3.05) is 11.9 Å². The van der Waals surface area contributed by atoms with E-state index in [1.807, 2.05) is 13.8 Å². The van der Waals surface area contributed by atoms with Gasteiger partial charge in [0.05, 0.1) is 0 Å². The van der Waals surface area contributed by atoms with Crippen molar-refractivity contribution >= 4 is 16.2 Å². The Morgan fingerprint density at radius 1 is 0.950 bits per heavy atom. The molecule has 0 saturated heterocycles. The van der Waals surface area contributed by atoms with Gasteiger partial charge in [-0.1, -0.05) is 0 Å². The van der Waals surface area contributed by atoms with E-state index in [2.05, 4.69) is 5.32 Å². The van der Waals surface area contributed by atoms with Gasteiger partial charge in [-0.05, 0) is 26.7 Å². The summed E-state index contributed by atoms with van der Waals surface area (Å²) in [6.45, 7) is 3.80. The molecule has 1 N–H and O–H groups in total. The molecular weight excluding hydrogens is 297 g/mol. The first-order valence-corrected chi connectivity index (χ1v) is 6.83. The van der Waals surface area contributed by atoms with Crippen LogP contribution in [0.15, 0.2) is 0 Å². The zero-order chi connectivity index (χ0) is 15.5. The van der Waals surface area contributed by atoms with Gasteiger partial charge < -0.3 is 9.74 Å². The van der Waals surface area contributed by atoms with Crippen LogP contribution in [0.2, 0.25) is 0 Å². The van der Waals surface area contributed by atoms with Crippen molar-refractivity contribution < 1.29 is 26.4 Å². The van der Waals surface area contributed by atoms with Crippen LogP contribution in [0, 0.1) is 29.1 Å². The van der Waals surface area contributed by atoms with Crippen molar-refractivity contribution in [1.29, 1.82) is 0 Å². The number of benzene rings is 1. The second-order valence-corrected chi connectivity index (χ2v) is 5.35. The molecule has 0 bridgehead atoms. The van der Waals surface area contributed by atoms with Gasteiger partial charge in [0, 0.05) is 12.1 Å². The molecule has 0 spiro atoms. The summed E-state index contributed by atoms with van der Waals surface area (Å²) in [7, 11) is 0.554. The van der Waals surface area contributed by atoms with Crippen LogP contribution < -0.4 is 5.32 Å². The van der Waals surface area contributed by atoms with Crippen LogP contribution in [0.5, 0.6) is 0 Å². The number of hydrogen-bond acceptors (Lipinski definition) is 2. The summed E-state index contributed by atoms with van der Waals surface area (Å²) in [6, 6.07) is 0. The molecular formula is C12H16F5NOSi. The first-order chi connectivity index (χ1) is 9.21. The summed E-state index contributed by atoms with van der Waals surface area (Å²) in [5.41, 5.74) is -1.35. The average molecular weight is 313 g/mol. The maximum atomic E-state index is 13.3. The normalized spacial score (nSPS) is 11.9. The van der Waals surface area contributed by atoms with E-state index in [0.29, 0.717) is 23.3 Å². The summed E-state index contributed by atoms with van der Waals surface area (Å²) in [4.78, 5) is 0. The number of nitrogens with one attached hydrogen (secondary N) is 1. The second kappa shape index (κ2) is 6.53. The Balaban J connectivity index is 2.75. The lowest BCUT2D eigenvalue weighted by atomic mass is 10.0. The fraction of sp³-hybridized carbons (Fsp3) is 0.500. The van der Waals surface area contributed by atoms with E-state index in [-0.39, 0.29) is 12.1 Å². The molecule has 20 heavy (non-hydrogen) atoms. The van der Waals surface area contributed by atoms with E-state index in [4.69, 9.17) is 4.43 Å². The summed E-state index contributed by atoms with van der Waals surface area (Å²) < 4.78 is 70.6. The summed E-state index contributed by atoms with van der Waals surface area (Å²) in [5.74, 6) is -9.75. The van der Waals surface area contributed by atoms with Gasteiger partial charge in [0.1, 0.15) is 16.2 Å². The quantitative estimate of drug-likeness (QED) is 0.287. The van der Waals surface area contributed by atoms with Gasteiger partial charge in [-0.3, -0.25) is 0 Å².